The summed E-state index contributed by atoms with van der Waals surface area (Å²) in [7, 11) is 1.54. The predicted octanol–water partition coefficient (Wildman–Crippen LogP) is 1.69. The Kier molecular flexibility index (Phi) is 4.39. The minimum atomic E-state index is -0.312. The second-order valence-electron chi connectivity index (χ2n) is 3.96. The highest BCUT2D eigenvalue weighted by Gasteiger charge is 2.07. The van der Waals surface area contributed by atoms with Crippen LogP contribution in [0.2, 0.25) is 0 Å². The molecule has 6 heteroatoms. The van der Waals surface area contributed by atoms with Crippen molar-refractivity contribution < 1.29 is 14.3 Å². The lowest BCUT2D eigenvalue weighted by molar-refractivity contribution is -0.118. The Hall–Kier alpha value is -2.76. The fourth-order valence-corrected chi connectivity index (χ4v) is 1.54. The number of nitrogens with one attached hydrogen (secondary N) is 1. The Morgan fingerprint density at radius 2 is 2.00 bits per heavy atom. The Bertz CT molecular complexity index is 584. The highest BCUT2D eigenvalue weighted by molar-refractivity contribution is 5.91. The molecule has 0 aliphatic heterocycles. The first-order chi connectivity index (χ1) is 9.69. The molecule has 2 rings (SSSR count). The van der Waals surface area contributed by atoms with Crippen molar-refractivity contribution in [3.05, 3.63) is 42.6 Å². The van der Waals surface area contributed by atoms with Crippen molar-refractivity contribution in [2.75, 3.05) is 24.8 Å². The summed E-state index contributed by atoms with van der Waals surface area (Å²) in [4.78, 5) is 15.7. The first kappa shape index (κ1) is 13.7. The summed E-state index contributed by atoms with van der Waals surface area (Å²) in [5, 5.41) is 2.61. The second kappa shape index (κ2) is 6.42. The van der Waals surface area contributed by atoms with Crippen molar-refractivity contribution in [1.82, 2.24) is 4.98 Å². The fourth-order valence-electron chi connectivity index (χ4n) is 1.54. The molecule has 0 spiro atoms. The van der Waals surface area contributed by atoms with Gasteiger partial charge in [0.15, 0.2) is 18.1 Å². The first-order valence-corrected chi connectivity index (χ1v) is 5.96. The molecule has 0 aliphatic carbocycles. The molecule has 2 aromatic rings. The quantitative estimate of drug-likeness (QED) is 0.865. The molecule has 1 amide bonds. The summed E-state index contributed by atoms with van der Waals surface area (Å²) >= 11 is 0. The number of para-hydroxylation sites is 2. The van der Waals surface area contributed by atoms with Crippen LogP contribution in [-0.2, 0) is 4.79 Å². The average molecular weight is 273 g/mol. The Morgan fingerprint density at radius 3 is 2.65 bits per heavy atom. The minimum absolute atomic E-state index is 0.133. The number of anilines is 2. The molecule has 0 saturated carbocycles. The number of amides is 1. The number of hydrogen-bond donors (Lipinski definition) is 2. The minimum Gasteiger partial charge on any atom is -0.493 e. The number of benzene rings is 1. The van der Waals surface area contributed by atoms with Crippen molar-refractivity contribution in [3.8, 4) is 11.5 Å². The van der Waals surface area contributed by atoms with Gasteiger partial charge in [-0.15, -0.1) is 0 Å². The Morgan fingerprint density at radius 1 is 1.25 bits per heavy atom. The van der Waals surface area contributed by atoms with Gasteiger partial charge in [-0.05, 0) is 24.3 Å². The summed E-state index contributed by atoms with van der Waals surface area (Å²) in [5.41, 5.74) is 6.05. The molecule has 0 radical (unpaired) electrons. The summed E-state index contributed by atoms with van der Waals surface area (Å²) in [5.74, 6) is 1.20. The van der Waals surface area contributed by atoms with Crippen LogP contribution in [0.4, 0.5) is 11.5 Å². The number of methoxy groups -OCH3 is 1. The highest BCUT2D eigenvalue weighted by atomic mass is 16.5. The monoisotopic (exact) mass is 273 g/mol. The maximum Gasteiger partial charge on any atom is 0.263 e. The number of nitrogen functional groups attached to an aromatic ring is 1. The third-order valence-electron chi connectivity index (χ3n) is 2.48. The summed E-state index contributed by atoms with van der Waals surface area (Å²) in [6.07, 6.45) is 1.47. The van der Waals surface area contributed by atoms with Gasteiger partial charge in [-0.25, -0.2) is 4.98 Å². The fraction of sp³-hybridized carbons (Fsp3) is 0.143. The van der Waals surface area contributed by atoms with Gasteiger partial charge in [0, 0.05) is 0 Å². The smallest absolute Gasteiger partial charge is 0.263 e. The second-order valence-corrected chi connectivity index (χ2v) is 3.96. The molecule has 0 atom stereocenters. The van der Waals surface area contributed by atoms with E-state index in [4.69, 9.17) is 15.2 Å². The number of pyridine rings is 1. The topological polar surface area (TPSA) is 86.5 Å². The number of carbonyl (C=O) groups is 1. The highest BCUT2D eigenvalue weighted by Crippen LogP contribution is 2.25. The first-order valence-electron chi connectivity index (χ1n) is 5.96. The van der Waals surface area contributed by atoms with Crippen molar-refractivity contribution in [3.63, 3.8) is 0 Å². The third kappa shape index (κ3) is 3.61. The SMILES string of the molecule is COc1ccccc1OCC(=O)Nc1ccc(N)cn1. The van der Waals surface area contributed by atoms with Gasteiger partial charge in [0.05, 0.1) is 19.0 Å². The molecule has 20 heavy (non-hydrogen) atoms. The normalized spacial score (nSPS) is 9.85. The van der Waals surface area contributed by atoms with Gasteiger partial charge in [0.25, 0.3) is 5.91 Å². The maximum atomic E-state index is 11.7. The van der Waals surface area contributed by atoms with E-state index >= 15 is 0 Å². The van der Waals surface area contributed by atoms with Crippen LogP contribution in [0.5, 0.6) is 11.5 Å². The van der Waals surface area contributed by atoms with E-state index in [1.807, 2.05) is 6.07 Å². The molecular weight excluding hydrogens is 258 g/mol. The van der Waals surface area contributed by atoms with Gasteiger partial charge in [0.1, 0.15) is 5.82 Å². The van der Waals surface area contributed by atoms with Crippen molar-refractivity contribution in [1.29, 1.82) is 0 Å². The zero-order valence-corrected chi connectivity index (χ0v) is 11.0. The van der Waals surface area contributed by atoms with Crippen LogP contribution in [0.25, 0.3) is 0 Å². The number of aromatic nitrogens is 1. The molecule has 6 nitrogen and oxygen atoms in total. The van der Waals surface area contributed by atoms with Gasteiger partial charge in [-0.1, -0.05) is 12.1 Å². The largest absolute Gasteiger partial charge is 0.493 e. The third-order valence-corrected chi connectivity index (χ3v) is 2.48. The number of rotatable bonds is 5. The summed E-state index contributed by atoms with van der Waals surface area (Å²) < 4.78 is 10.5. The van der Waals surface area contributed by atoms with Crippen LogP contribution < -0.4 is 20.5 Å². The lowest BCUT2D eigenvalue weighted by Gasteiger charge is -2.10. The van der Waals surface area contributed by atoms with Crippen LogP contribution in [-0.4, -0.2) is 24.6 Å². The molecule has 0 unspecified atom stereocenters. The zero-order valence-electron chi connectivity index (χ0n) is 11.0. The molecule has 0 fully saturated rings. The standard InChI is InChI=1S/C14H15N3O3/c1-19-11-4-2-3-5-12(11)20-9-14(18)17-13-7-6-10(15)8-16-13/h2-8H,9,15H2,1H3,(H,16,17,18). The molecule has 1 heterocycles. The number of nitrogens with two attached hydrogens (primary N) is 1. The lowest BCUT2D eigenvalue weighted by atomic mass is 10.3. The van der Waals surface area contributed by atoms with Gasteiger partial charge in [-0.3, -0.25) is 4.79 Å². The van der Waals surface area contributed by atoms with E-state index in [-0.39, 0.29) is 12.5 Å². The van der Waals surface area contributed by atoms with E-state index in [9.17, 15) is 4.79 Å². The predicted molar refractivity (Wildman–Crippen MR) is 75.8 cm³/mol. The van der Waals surface area contributed by atoms with Crippen molar-refractivity contribution in [2.45, 2.75) is 0 Å². The van der Waals surface area contributed by atoms with Crippen LogP contribution in [0.3, 0.4) is 0 Å². The van der Waals surface area contributed by atoms with E-state index in [0.29, 0.717) is 23.0 Å². The molecule has 104 valence electrons. The van der Waals surface area contributed by atoms with Crippen LogP contribution >= 0.6 is 0 Å². The van der Waals surface area contributed by atoms with Gasteiger partial charge in [-0.2, -0.15) is 0 Å². The van der Waals surface area contributed by atoms with E-state index < -0.39 is 0 Å². The van der Waals surface area contributed by atoms with Crippen LogP contribution in [0.1, 0.15) is 0 Å². The van der Waals surface area contributed by atoms with Gasteiger partial charge < -0.3 is 20.5 Å². The van der Waals surface area contributed by atoms with E-state index in [1.165, 1.54) is 6.20 Å². The number of carbonyl (C=O) groups excluding carboxylic acids is 1. The summed E-state index contributed by atoms with van der Waals surface area (Å²) in [6, 6.07) is 10.4. The number of hydrogen-bond acceptors (Lipinski definition) is 5. The molecule has 0 bridgehead atoms. The lowest BCUT2D eigenvalue weighted by Crippen LogP contribution is -2.20. The van der Waals surface area contributed by atoms with E-state index in [0.717, 1.165) is 0 Å². The van der Waals surface area contributed by atoms with Gasteiger partial charge >= 0.3 is 0 Å². The summed E-state index contributed by atoms with van der Waals surface area (Å²) in [6.45, 7) is -0.133. The van der Waals surface area contributed by atoms with Crippen molar-refractivity contribution in [2.24, 2.45) is 0 Å². The van der Waals surface area contributed by atoms with Crippen molar-refractivity contribution >= 4 is 17.4 Å². The van der Waals surface area contributed by atoms with Crippen LogP contribution in [0, 0.1) is 0 Å². The molecular formula is C14H15N3O3. The van der Waals surface area contributed by atoms with E-state index in [2.05, 4.69) is 10.3 Å². The van der Waals surface area contributed by atoms with Gasteiger partial charge in [0.2, 0.25) is 0 Å². The number of nitrogens with zero attached hydrogens (tertiary/aromatic N) is 1. The Balaban J connectivity index is 1.90. The molecule has 1 aromatic heterocycles. The molecule has 0 saturated heterocycles. The number of ether oxygens (including phenoxy) is 2. The van der Waals surface area contributed by atoms with E-state index in [1.54, 1.807) is 37.4 Å². The Labute approximate surface area is 116 Å². The maximum absolute atomic E-state index is 11.7. The van der Waals surface area contributed by atoms with Crippen LogP contribution in [0.15, 0.2) is 42.6 Å². The zero-order chi connectivity index (χ0) is 14.4. The average Bonchev–Trinajstić information content (AvgIpc) is 2.48. The molecule has 3 N–H and O–H groups in total. The molecule has 0 aliphatic rings. The molecule has 1 aromatic carbocycles.